The van der Waals surface area contributed by atoms with Crippen molar-refractivity contribution in [2.45, 2.75) is 19.6 Å². The molecule has 2 aromatic rings. The molecule has 0 amide bonds. The normalized spacial score (nSPS) is 11.4. The SMILES string of the molecule is Cc1cccnc1CNc1c(Cl)cccc1C(F)(F)F. The fraction of sp³-hybridized carbons (Fsp3) is 0.214. The Morgan fingerprint density at radius 1 is 1.20 bits per heavy atom. The topological polar surface area (TPSA) is 24.9 Å². The van der Waals surface area contributed by atoms with E-state index in [1.165, 1.54) is 12.1 Å². The molecule has 0 unspecified atom stereocenters. The largest absolute Gasteiger partial charge is 0.418 e. The number of benzene rings is 1. The van der Waals surface area contributed by atoms with Crippen LogP contribution >= 0.6 is 11.6 Å². The van der Waals surface area contributed by atoms with Gasteiger partial charge in [-0.1, -0.05) is 23.7 Å². The third-order valence-corrected chi connectivity index (χ3v) is 3.18. The van der Waals surface area contributed by atoms with E-state index in [1.54, 1.807) is 12.3 Å². The zero-order valence-corrected chi connectivity index (χ0v) is 11.4. The molecule has 0 saturated heterocycles. The van der Waals surface area contributed by atoms with Crippen molar-refractivity contribution >= 4 is 17.3 Å². The van der Waals surface area contributed by atoms with Gasteiger partial charge in [-0.25, -0.2) is 0 Å². The van der Waals surface area contributed by atoms with Crippen molar-refractivity contribution in [2.75, 3.05) is 5.32 Å². The Hall–Kier alpha value is -1.75. The first-order chi connectivity index (χ1) is 9.39. The zero-order chi connectivity index (χ0) is 14.8. The van der Waals surface area contributed by atoms with Crippen molar-refractivity contribution < 1.29 is 13.2 Å². The lowest BCUT2D eigenvalue weighted by Gasteiger charge is -2.16. The molecule has 0 aliphatic rings. The highest BCUT2D eigenvalue weighted by atomic mass is 35.5. The number of nitrogens with zero attached hydrogens (tertiary/aromatic N) is 1. The number of alkyl halides is 3. The van der Waals surface area contributed by atoms with Crippen molar-refractivity contribution in [2.24, 2.45) is 0 Å². The second kappa shape index (κ2) is 5.71. The lowest BCUT2D eigenvalue weighted by Crippen LogP contribution is -2.12. The molecule has 0 saturated carbocycles. The van der Waals surface area contributed by atoms with Gasteiger partial charge < -0.3 is 5.32 Å². The number of para-hydroxylation sites is 1. The summed E-state index contributed by atoms with van der Waals surface area (Å²) in [6.45, 7) is 2.03. The van der Waals surface area contributed by atoms with E-state index < -0.39 is 11.7 Å². The maximum Gasteiger partial charge on any atom is 0.418 e. The first kappa shape index (κ1) is 14.7. The van der Waals surface area contributed by atoms with E-state index in [1.807, 2.05) is 13.0 Å². The second-order valence-corrected chi connectivity index (χ2v) is 4.69. The van der Waals surface area contributed by atoms with Crippen molar-refractivity contribution in [3.8, 4) is 0 Å². The van der Waals surface area contributed by atoms with E-state index in [4.69, 9.17) is 11.6 Å². The van der Waals surface area contributed by atoms with E-state index in [-0.39, 0.29) is 17.3 Å². The molecule has 1 aromatic heterocycles. The lowest BCUT2D eigenvalue weighted by molar-refractivity contribution is -0.136. The first-order valence-electron chi connectivity index (χ1n) is 5.89. The molecule has 0 aliphatic carbocycles. The van der Waals surface area contributed by atoms with Gasteiger partial charge in [0.05, 0.1) is 28.5 Å². The van der Waals surface area contributed by atoms with Crippen molar-refractivity contribution in [1.82, 2.24) is 4.98 Å². The molecule has 1 N–H and O–H groups in total. The summed E-state index contributed by atoms with van der Waals surface area (Å²) in [5, 5.41) is 2.77. The zero-order valence-electron chi connectivity index (χ0n) is 10.6. The molecule has 1 aromatic carbocycles. The van der Waals surface area contributed by atoms with Crippen LogP contribution in [0.1, 0.15) is 16.8 Å². The second-order valence-electron chi connectivity index (χ2n) is 4.28. The fourth-order valence-corrected chi connectivity index (χ4v) is 2.06. The number of aromatic nitrogens is 1. The molecule has 0 bridgehead atoms. The van der Waals surface area contributed by atoms with Crippen LogP contribution in [-0.4, -0.2) is 4.98 Å². The molecule has 6 heteroatoms. The minimum atomic E-state index is -4.45. The molecular formula is C14H12ClF3N2. The molecule has 0 radical (unpaired) electrons. The summed E-state index contributed by atoms with van der Waals surface area (Å²) in [5.41, 5.74) is 0.687. The van der Waals surface area contributed by atoms with Crippen molar-refractivity contribution in [3.63, 3.8) is 0 Å². The third-order valence-electron chi connectivity index (χ3n) is 2.87. The van der Waals surface area contributed by atoms with E-state index in [9.17, 15) is 13.2 Å². The Balaban J connectivity index is 2.28. The first-order valence-corrected chi connectivity index (χ1v) is 6.27. The number of rotatable bonds is 3. The van der Waals surface area contributed by atoms with Crippen LogP contribution in [0.2, 0.25) is 5.02 Å². The minimum absolute atomic E-state index is 0.0356. The average molecular weight is 301 g/mol. The maximum atomic E-state index is 12.9. The summed E-state index contributed by atoms with van der Waals surface area (Å²) in [6.07, 6.45) is -2.85. The number of hydrogen-bond donors (Lipinski definition) is 1. The highest BCUT2D eigenvalue weighted by molar-refractivity contribution is 6.33. The van der Waals surface area contributed by atoms with Crippen LogP contribution in [0.3, 0.4) is 0 Å². The predicted octanol–water partition coefficient (Wildman–Crippen LogP) is 4.67. The van der Waals surface area contributed by atoms with E-state index in [2.05, 4.69) is 10.3 Å². The van der Waals surface area contributed by atoms with E-state index in [0.717, 1.165) is 11.6 Å². The van der Waals surface area contributed by atoms with Gasteiger partial charge in [-0.2, -0.15) is 13.2 Å². The Morgan fingerprint density at radius 3 is 2.60 bits per heavy atom. The number of pyridine rings is 1. The highest BCUT2D eigenvalue weighted by Gasteiger charge is 2.34. The van der Waals surface area contributed by atoms with Crippen LogP contribution in [-0.2, 0) is 12.7 Å². The van der Waals surface area contributed by atoms with Gasteiger partial charge in [0.2, 0.25) is 0 Å². The van der Waals surface area contributed by atoms with Crippen LogP contribution in [0.5, 0.6) is 0 Å². The Morgan fingerprint density at radius 2 is 1.95 bits per heavy atom. The van der Waals surface area contributed by atoms with Gasteiger partial charge in [-0.15, -0.1) is 0 Å². The van der Waals surface area contributed by atoms with Crippen LogP contribution in [0.25, 0.3) is 0 Å². The molecule has 0 spiro atoms. The van der Waals surface area contributed by atoms with Crippen LogP contribution in [0.4, 0.5) is 18.9 Å². The summed E-state index contributed by atoms with van der Waals surface area (Å²) in [7, 11) is 0. The minimum Gasteiger partial charge on any atom is -0.378 e. The molecule has 2 rings (SSSR count). The Bertz CT molecular complexity index is 612. The molecule has 0 aliphatic heterocycles. The van der Waals surface area contributed by atoms with Crippen molar-refractivity contribution in [1.29, 1.82) is 0 Å². The number of halogens is 4. The van der Waals surface area contributed by atoms with Gasteiger partial charge in [-0.3, -0.25) is 4.98 Å². The van der Waals surface area contributed by atoms with Gasteiger partial charge in [0, 0.05) is 6.20 Å². The fourth-order valence-electron chi connectivity index (χ4n) is 1.82. The smallest absolute Gasteiger partial charge is 0.378 e. The predicted molar refractivity (Wildman–Crippen MR) is 72.8 cm³/mol. The molecule has 0 atom stereocenters. The lowest BCUT2D eigenvalue weighted by atomic mass is 10.1. The summed E-state index contributed by atoms with van der Waals surface area (Å²) < 4.78 is 38.8. The maximum absolute atomic E-state index is 12.9. The summed E-state index contributed by atoms with van der Waals surface area (Å²) in [5.74, 6) is 0. The molecule has 0 fully saturated rings. The third kappa shape index (κ3) is 3.22. The molecule has 106 valence electrons. The van der Waals surface area contributed by atoms with E-state index >= 15 is 0 Å². The molecule has 2 nitrogen and oxygen atoms in total. The quantitative estimate of drug-likeness (QED) is 0.890. The van der Waals surface area contributed by atoms with Crippen LogP contribution in [0.15, 0.2) is 36.5 Å². The Labute approximate surface area is 119 Å². The number of nitrogens with one attached hydrogen (secondary N) is 1. The summed E-state index contributed by atoms with van der Waals surface area (Å²) >= 11 is 5.86. The molecule has 1 heterocycles. The van der Waals surface area contributed by atoms with Gasteiger partial charge in [-0.05, 0) is 30.7 Å². The number of aryl methyl sites for hydroxylation is 1. The Kier molecular flexibility index (Phi) is 4.18. The van der Waals surface area contributed by atoms with Gasteiger partial charge in [0.1, 0.15) is 0 Å². The number of hydrogen-bond acceptors (Lipinski definition) is 2. The van der Waals surface area contributed by atoms with Gasteiger partial charge in [0.15, 0.2) is 0 Å². The summed E-state index contributed by atoms with van der Waals surface area (Å²) in [4.78, 5) is 4.13. The number of anilines is 1. The van der Waals surface area contributed by atoms with Gasteiger partial charge >= 0.3 is 6.18 Å². The average Bonchev–Trinajstić information content (AvgIpc) is 2.37. The highest BCUT2D eigenvalue weighted by Crippen LogP contribution is 2.38. The monoisotopic (exact) mass is 300 g/mol. The van der Waals surface area contributed by atoms with Crippen LogP contribution < -0.4 is 5.32 Å². The van der Waals surface area contributed by atoms with Crippen LogP contribution in [0, 0.1) is 6.92 Å². The van der Waals surface area contributed by atoms with Crippen molar-refractivity contribution in [3.05, 3.63) is 58.4 Å². The summed E-state index contributed by atoms with van der Waals surface area (Å²) in [6, 6.07) is 7.32. The molecule has 20 heavy (non-hydrogen) atoms. The molecular weight excluding hydrogens is 289 g/mol. The van der Waals surface area contributed by atoms with E-state index in [0.29, 0.717) is 5.69 Å². The standard InChI is InChI=1S/C14H12ClF3N2/c1-9-4-3-7-19-12(9)8-20-13-10(14(16,17)18)5-2-6-11(13)15/h2-7,20H,8H2,1H3. The van der Waals surface area contributed by atoms with Gasteiger partial charge in [0.25, 0.3) is 0 Å².